The molecule has 0 saturated carbocycles. The maximum atomic E-state index is 6.51. The standard InChI is InChI=1S/C19H20ClN3OS/c1-24-13-7-8-16-17(11-13)22-19(21-16)25-12-14-15(20)5-4-6-18(14)23-9-2-3-10-23/h4-8,11H,2-3,9-10,12H2,1H3,(H,21,22). The van der Waals surface area contributed by atoms with Gasteiger partial charge < -0.3 is 14.6 Å². The number of nitrogens with one attached hydrogen (secondary N) is 1. The topological polar surface area (TPSA) is 41.1 Å². The van der Waals surface area contributed by atoms with Crippen molar-refractivity contribution in [2.24, 2.45) is 0 Å². The Morgan fingerprint density at radius 2 is 2.08 bits per heavy atom. The highest BCUT2D eigenvalue weighted by molar-refractivity contribution is 7.98. The Hall–Kier alpha value is -1.85. The normalized spacial score (nSPS) is 14.4. The average Bonchev–Trinajstić information content (AvgIpc) is 3.29. The summed E-state index contributed by atoms with van der Waals surface area (Å²) in [5, 5.41) is 1.73. The van der Waals surface area contributed by atoms with Crippen LogP contribution in [-0.4, -0.2) is 30.2 Å². The Kier molecular flexibility index (Phi) is 4.77. The number of rotatable bonds is 5. The predicted octanol–water partition coefficient (Wildman–Crippen LogP) is 5.12. The van der Waals surface area contributed by atoms with Crippen molar-refractivity contribution in [2.45, 2.75) is 23.8 Å². The maximum absolute atomic E-state index is 6.51. The summed E-state index contributed by atoms with van der Waals surface area (Å²) in [6.07, 6.45) is 2.51. The van der Waals surface area contributed by atoms with Crippen molar-refractivity contribution in [3.05, 3.63) is 47.0 Å². The summed E-state index contributed by atoms with van der Waals surface area (Å²) in [6, 6.07) is 12.1. The lowest BCUT2D eigenvalue weighted by Crippen LogP contribution is -2.19. The Labute approximate surface area is 156 Å². The fourth-order valence-corrected chi connectivity index (χ4v) is 4.49. The number of hydrogen-bond acceptors (Lipinski definition) is 4. The van der Waals surface area contributed by atoms with E-state index in [-0.39, 0.29) is 0 Å². The minimum absolute atomic E-state index is 0.794. The lowest BCUT2D eigenvalue weighted by molar-refractivity contribution is 0.415. The van der Waals surface area contributed by atoms with Gasteiger partial charge in [-0.05, 0) is 37.1 Å². The molecule has 130 valence electrons. The Morgan fingerprint density at radius 3 is 2.88 bits per heavy atom. The van der Waals surface area contributed by atoms with Gasteiger partial charge in [0.25, 0.3) is 0 Å². The van der Waals surface area contributed by atoms with Gasteiger partial charge in [-0.2, -0.15) is 0 Å². The SMILES string of the molecule is COc1ccc2nc(SCc3c(Cl)cccc3N3CCCC3)[nH]c2c1. The number of benzene rings is 2. The summed E-state index contributed by atoms with van der Waals surface area (Å²) in [5.41, 5.74) is 4.38. The summed E-state index contributed by atoms with van der Waals surface area (Å²) in [4.78, 5) is 10.5. The quantitative estimate of drug-likeness (QED) is 0.630. The molecule has 0 atom stereocenters. The number of aromatic nitrogens is 2. The number of methoxy groups -OCH3 is 1. The molecule has 1 aliphatic rings. The molecular weight excluding hydrogens is 354 g/mol. The second-order valence-corrected chi connectivity index (χ2v) is 7.52. The van der Waals surface area contributed by atoms with E-state index in [4.69, 9.17) is 16.3 Å². The molecule has 25 heavy (non-hydrogen) atoms. The van der Waals surface area contributed by atoms with Crippen molar-refractivity contribution in [1.82, 2.24) is 9.97 Å². The smallest absolute Gasteiger partial charge is 0.166 e. The number of ether oxygens (including phenoxy) is 1. The number of anilines is 1. The molecule has 1 aliphatic heterocycles. The van der Waals surface area contributed by atoms with Crippen LogP contribution in [0, 0.1) is 0 Å². The van der Waals surface area contributed by atoms with Crippen molar-refractivity contribution >= 4 is 40.1 Å². The first kappa shape index (κ1) is 16.6. The summed E-state index contributed by atoms with van der Waals surface area (Å²) < 4.78 is 5.27. The Morgan fingerprint density at radius 1 is 1.24 bits per heavy atom. The largest absolute Gasteiger partial charge is 0.497 e. The molecule has 0 aliphatic carbocycles. The lowest BCUT2D eigenvalue weighted by Gasteiger charge is -2.22. The van der Waals surface area contributed by atoms with Crippen LogP contribution in [-0.2, 0) is 5.75 Å². The van der Waals surface area contributed by atoms with E-state index in [1.165, 1.54) is 24.1 Å². The van der Waals surface area contributed by atoms with Gasteiger partial charge in [0.05, 0.1) is 18.1 Å². The summed E-state index contributed by atoms with van der Waals surface area (Å²) >= 11 is 8.19. The number of hydrogen-bond donors (Lipinski definition) is 1. The van der Waals surface area contributed by atoms with Crippen LogP contribution < -0.4 is 9.64 Å². The van der Waals surface area contributed by atoms with E-state index in [0.29, 0.717) is 0 Å². The number of imidazole rings is 1. The highest BCUT2D eigenvalue weighted by Gasteiger charge is 2.18. The van der Waals surface area contributed by atoms with Gasteiger partial charge in [0.15, 0.2) is 5.16 Å². The summed E-state index contributed by atoms with van der Waals surface area (Å²) in [6.45, 7) is 2.23. The van der Waals surface area contributed by atoms with Crippen LogP contribution in [0.1, 0.15) is 18.4 Å². The monoisotopic (exact) mass is 373 g/mol. The second-order valence-electron chi connectivity index (χ2n) is 6.15. The van der Waals surface area contributed by atoms with Crippen LogP contribution >= 0.6 is 23.4 Å². The van der Waals surface area contributed by atoms with Crippen LogP contribution in [0.15, 0.2) is 41.6 Å². The molecule has 0 unspecified atom stereocenters. The first-order valence-electron chi connectivity index (χ1n) is 8.43. The average molecular weight is 374 g/mol. The Balaban J connectivity index is 1.57. The molecule has 3 aromatic rings. The van der Waals surface area contributed by atoms with Crippen molar-refractivity contribution in [1.29, 1.82) is 0 Å². The van der Waals surface area contributed by atoms with Gasteiger partial charge in [0.1, 0.15) is 5.75 Å². The third kappa shape index (κ3) is 3.44. The predicted molar refractivity (Wildman–Crippen MR) is 105 cm³/mol. The molecule has 0 radical (unpaired) electrons. The molecular formula is C19H20ClN3OS. The van der Waals surface area contributed by atoms with E-state index in [0.717, 1.165) is 45.8 Å². The van der Waals surface area contributed by atoms with Crippen LogP contribution in [0.2, 0.25) is 5.02 Å². The van der Waals surface area contributed by atoms with Crippen LogP contribution in [0.4, 0.5) is 5.69 Å². The summed E-state index contributed by atoms with van der Waals surface area (Å²) in [5.74, 6) is 1.62. The number of fused-ring (bicyclic) bond motifs is 1. The molecule has 6 heteroatoms. The highest BCUT2D eigenvalue weighted by Crippen LogP contribution is 2.35. The number of halogens is 1. The molecule has 1 saturated heterocycles. The lowest BCUT2D eigenvalue weighted by atomic mass is 10.2. The molecule has 2 aromatic carbocycles. The van der Waals surface area contributed by atoms with Crippen molar-refractivity contribution in [3.63, 3.8) is 0 Å². The fourth-order valence-electron chi connectivity index (χ4n) is 3.25. The van der Waals surface area contributed by atoms with E-state index in [9.17, 15) is 0 Å². The van der Waals surface area contributed by atoms with Crippen molar-refractivity contribution < 1.29 is 4.74 Å². The number of aromatic amines is 1. The van der Waals surface area contributed by atoms with Crippen molar-refractivity contribution in [3.8, 4) is 5.75 Å². The molecule has 2 heterocycles. The van der Waals surface area contributed by atoms with Gasteiger partial charge >= 0.3 is 0 Å². The van der Waals surface area contributed by atoms with E-state index in [2.05, 4.69) is 20.9 Å². The molecule has 0 amide bonds. The van der Waals surface area contributed by atoms with E-state index in [1.54, 1.807) is 18.9 Å². The van der Waals surface area contributed by atoms with Crippen molar-refractivity contribution in [2.75, 3.05) is 25.1 Å². The van der Waals surface area contributed by atoms with Crippen LogP contribution in [0.3, 0.4) is 0 Å². The zero-order chi connectivity index (χ0) is 17.2. The maximum Gasteiger partial charge on any atom is 0.166 e. The molecule has 0 bridgehead atoms. The molecule has 1 fully saturated rings. The van der Waals surface area contributed by atoms with Gasteiger partial charge in [-0.15, -0.1) is 0 Å². The third-order valence-corrected chi connectivity index (χ3v) is 5.82. The molecule has 0 spiro atoms. The number of H-pyrrole nitrogens is 1. The molecule has 1 aromatic heterocycles. The van der Waals surface area contributed by atoms with Gasteiger partial charge in [-0.3, -0.25) is 0 Å². The van der Waals surface area contributed by atoms with Crippen LogP contribution in [0.5, 0.6) is 5.75 Å². The van der Waals surface area contributed by atoms with Gasteiger partial charge in [-0.1, -0.05) is 29.4 Å². The first-order chi connectivity index (χ1) is 12.2. The highest BCUT2D eigenvalue weighted by atomic mass is 35.5. The number of nitrogens with zero attached hydrogens (tertiary/aromatic N) is 2. The molecule has 1 N–H and O–H groups in total. The Bertz CT molecular complexity index is 890. The van der Waals surface area contributed by atoms with Crippen LogP contribution in [0.25, 0.3) is 11.0 Å². The number of thioether (sulfide) groups is 1. The molecule has 4 nitrogen and oxygen atoms in total. The summed E-state index contributed by atoms with van der Waals surface area (Å²) in [7, 11) is 1.67. The third-order valence-electron chi connectivity index (χ3n) is 4.56. The van der Waals surface area contributed by atoms with E-state index < -0.39 is 0 Å². The van der Waals surface area contributed by atoms with E-state index >= 15 is 0 Å². The first-order valence-corrected chi connectivity index (χ1v) is 9.80. The minimum Gasteiger partial charge on any atom is -0.497 e. The second kappa shape index (κ2) is 7.18. The fraction of sp³-hybridized carbons (Fsp3) is 0.316. The minimum atomic E-state index is 0.794. The molecule has 4 rings (SSSR count). The van der Waals surface area contributed by atoms with Gasteiger partial charge in [0.2, 0.25) is 0 Å². The zero-order valence-corrected chi connectivity index (χ0v) is 15.7. The zero-order valence-electron chi connectivity index (χ0n) is 14.1. The van der Waals surface area contributed by atoms with Gasteiger partial charge in [-0.25, -0.2) is 4.98 Å². The van der Waals surface area contributed by atoms with E-state index in [1.807, 2.05) is 30.3 Å². The van der Waals surface area contributed by atoms with Gasteiger partial charge in [0, 0.05) is 41.2 Å².